The van der Waals surface area contributed by atoms with Gasteiger partial charge in [-0.05, 0) is 6.07 Å². The molecule has 0 bridgehead atoms. The average Bonchev–Trinajstić information content (AvgIpc) is 2.49. The number of nitriles is 1. The number of hydrogen-bond acceptors (Lipinski definition) is 3. The Kier molecular flexibility index (Phi) is 1.72. The highest BCUT2D eigenvalue weighted by atomic mass is 35.5. The number of halogens is 1. The maximum absolute atomic E-state index is 8.69. The van der Waals surface area contributed by atoms with Crippen molar-refractivity contribution in [3.05, 3.63) is 28.2 Å². The summed E-state index contributed by atoms with van der Waals surface area (Å²) in [6, 6.07) is 3.79. The van der Waals surface area contributed by atoms with Gasteiger partial charge in [0.05, 0.1) is 15.3 Å². The first kappa shape index (κ1) is 7.53. The number of thiophene rings is 1. The summed E-state index contributed by atoms with van der Waals surface area (Å²) >= 11 is 7.34. The van der Waals surface area contributed by atoms with Crippen LogP contribution in [0.5, 0.6) is 0 Å². The van der Waals surface area contributed by atoms with Gasteiger partial charge in [0.25, 0.3) is 0 Å². The average molecular weight is 195 g/mol. The van der Waals surface area contributed by atoms with Gasteiger partial charge in [-0.2, -0.15) is 5.26 Å². The van der Waals surface area contributed by atoms with Crippen molar-refractivity contribution in [2.75, 3.05) is 0 Å². The van der Waals surface area contributed by atoms with E-state index in [9.17, 15) is 0 Å². The molecule has 2 aromatic rings. The molecule has 0 spiro atoms. The normalized spacial score (nSPS) is 10.0. The molecule has 0 aliphatic rings. The molecule has 0 aliphatic carbocycles. The summed E-state index contributed by atoms with van der Waals surface area (Å²) in [6.07, 6.45) is 1.61. The fourth-order valence-electron chi connectivity index (χ4n) is 0.982. The third-order valence-corrected chi connectivity index (χ3v) is 2.96. The summed E-state index contributed by atoms with van der Waals surface area (Å²) in [5, 5.41) is 11.1. The van der Waals surface area contributed by atoms with Crippen molar-refractivity contribution >= 4 is 33.2 Å². The van der Waals surface area contributed by atoms with Crippen molar-refractivity contribution in [3.8, 4) is 6.07 Å². The minimum atomic E-state index is 0.595. The Bertz CT molecular complexity index is 469. The van der Waals surface area contributed by atoms with E-state index < -0.39 is 0 Å². The first-order valence-corrected chi connectivity index (χ1v) is 4.50. The van der Waals surface area contributed by atoms with Gasteiger partial charge in [-0.25, -0.2) is 0 Å². The lowest BCUT2D eigenvalue weighted by atomic mass is 10.3. The lowest BCUT2D eigenvalue weighted by molar-refractivity contribution is 1.41. The third kappa shape index (κ3) is 0.970. The number of hydrogen-bond donors (Lipinski definition) is 0. The van der Waals surface area contributed by atoms with Crippen LogP contribution >= 0.6 is 22.9 Å². The highest BCUT2D eigenvalue weighted by Crippen LogP contribution is 2.29. The monoisotopic (exact) mass is 194 g/mol. The van der Waals surface area contributed by atoms with E-state index in [-0.39, 0.29) is 0 Å². The Balaban J connectivity index is 2.91. The predicted octanol–water partition coefficient (Wildman–Crippen LogP) is 2.82. The van der Waals surface area contributed by atoms with Gasteiger partial charge >= 0.3 is 0 Å². The molecule has 0 saturated carbocycles. The summed E-state index contributed by atoms with van der Waals surface area (Å²) in [5.74, 6) is 0. The molecule has 0 fully saturated rings. The lowest BCUT2D eigenvalue weighted by Gasteiger charge is -1.90. The largest absolute Gasteiger partial charge is 0.254 e. The summed E-state index contributed by atoms with van der Waals surface area (Å²) < 4.78 is 0.885. The molecule has 0 saturated heterocycles. The van der Waals surface area contributed by atoms with Crippen LogP contribution in [0.2, 0.25) is 5.02 Å². The molecule has 2 heterocycles. The Morgan fingerprint density at radius 1 is 1.58 bits per heavy atom. The summed E-state index contributed by atoms with van der Waals surface area (Å²) in [6.45, 7) is 0. The van der Waals surface area contributed by atoms with Crippen molar-refractivity contribution in [1.29, 1.82) is 5.26 Å². The van der Waals surface area contributed by atoms with E-state index in [1.165, 1.54) is 11.3 Å². The third-order valence-electron chi connectivity index (χ3n) is 1.53. The van der Waals surface area contributed by atoms with Gasteiger partial charge in [0.15, 0.2) is 0 Å². The van der Waals surface area contributed by atoms with Crippen LogP contribution in [0, 0.1) is 11.3 Å². The van der Waals surface area contributed by atoms with Gasteiger partial charge in [-0.3, -0.25) is 4.98 Å². The van der Waals surface area contributed by atoms with Gasteiger partial charge < -0.3 is 0 Å². The second-order valence-corrected chi connectivity index (χ2v) is 3.52. The summed E-state index contributed by atoms with van der Waals surface area (Å²) in [5.41, 5.74) is 1.30. The van der Waals surface area contributed by atoms with Crippen molar-refractivity contribution in [1.82, 2.24) is 4.98 Å². The van der Waals surface area contributed by atoms with E-state index in [2.05, 4.69) is 11.1 Å². The zero-order valence-electron chi connectivity index (χ0n) is 5.91. The zero-order valence-corrected chi connectivity index (χ0v) is 7.49. The van der Waals surface area contributed by atoms with E-state index in [1.54, 1.807) is 17.6 Å². The molecule has 2 nitrogen and oxygen atoms in total. The molecule has 0 aromatic carbocycles. The van der Waals surface area contributed by atoms with Crippen LogP contribution in [0.1, 0.15) is 5.56 Å². The molecular weight excluding hydrogens is 192 g/mol. The molecular formula is C8H3ClN2S. The van der Waals surface area contributed by atoms with E-state index in [4.69, 9.17) is 16.9 Å². The molecule has 2 aromatic heterocycles. The molecule has 58 valence electrons. The standard InChI is InChI=1S/C8H3ClN2S/c9-6-1-2-11-7-5(3-10)4-12-8(6)7/h1-2,4H. The van der Waals surface area contributed by atoms with E-state index >= 15 is 0 Å². The Labute approximate surface area is 78.0 Å². The minimum absolute atomic E-state index is 0.595. The molecule has 12 heavy (non-hydrogen) atoms. The number of aromatic nitrogens is 1. The first-order valence-electron chi connectivity index (χ1n) is 3.24. The van der Waals surface area contributed by atoms with Crippen molar-refractivity contribution in [2.24, 2.45) is 0 Å². The van der Waals surface area contributed by atoms with Crippen LogP contribution in [0.15, 0.2) is 17.6 Å². The Hall–Kier alpha value is -1.11. The molecule has 0 N–H and O–H groups in total. The van der Waals surface area contributed by atoms with Gasteiger partial charge in [0.1, 0.15) is 11.6 Å². The van der Waals surface area contributed by atoms with Crippen molar-refractivity contribution in [3.63, 3.8) is 0 Å². The maximum Gasteiger partial charge on any atom is 0.102 e. The first-order chi connectivity index (χ1) is 5.83. The quantitative estimate of drug-likeness (QED) is 0.647. The van der Waals surface area contributed by atoms with Gasteiger partial charge in [-0.1, -0.05) is 11.6 Å². The van der Waals surface area contributed by atoms with Gasteiger partial charge in [0.2, 0.25) is 0 Å². The summed E-state index contributed by atoms with van der Waals surface area (Å²) in [4.78, 5) is 4.08. The summed E-state index contributed by atoms with van der Waals surface area (Å²) in [7, 11) is 0. The molecule has 0 aliphatic heterocycles. The lowest BCUT2D eigenvalue weighted by Crippen LogP contribution is -1.75. The van der Waals surface area contributed by atoms with Crippen LogP contribution in [-0.4, -0.2) is 4.98 Å². The SMILES string of the molecule is N#Cc1csc2c(Cl)ccnc12. The van der Waals surface area contributed by atoms with Crippen LogP contribution in [0.3, 0.4) is 0 Å². The maximum atomic E-state index is 8.69. The highest BCUT2D eigenvalue weighted by molar-refractivity contribution is 7.18. The van der Waals surface area contributed by atoms with E-state index in [0.29, 0.717) is 16.1 Å². The molecule has 0 unspecified atom stereocenters. The number of fused-ring (bicyclic) bond motifs is 1. The molecule has 4 heteroatoms. The van der Waals surface area contributed by atoms with Gasteiger partial charge in [-0.15, -0.1) is 11.3 Å². The highest BCUT2D eigenvalue weighted by Gasteiger charge is 2.06. The Morgan fingerprint density at radius 2 is 2.42 bits per heavy atom. The van der Waals surface area contributed by atoms with Crippen LogP contribution in [0.25, 0.3) is 10.2 Å². The molecule has 2 rings (SSSR count). The van der Waals surface area contributed by atoms with E-state index in [1.807, 2.05) is 0 Å². The zero-order chi connectivity index (χ0) is 8.55. The second kappa shape index (κ2) is 2.74. The van der Waals surface area contributed by atoms with Crippen LogP contribution in [0.4, 0.5) is 0 Å². The second-order valence-electron chi connectivity index (χ2n) is 2.23. The number of nitrogens with zero attached hydrogens (tertiary/aromatic N) is 2. The predicted molar refractivity (Wildman–Crippen MR) is 49.3 cm³/mol. The minimum Gasteiger partial charge on any atom is -0.254 e. The Morgan fingerprint density at radius 3 is 3.17 bits per heavy atom. The van der Waals surface area contributed by atoms with Crippen LogP contribution < -0.4 is 0 Å². The molecule has 0 radical (unpaired) electrons. The number of rotatable bonds is 0. The fraction of sp³-hybridized carbons (Fsp3) is 0. The van der Waals surface area contributed by atoms with Crippen molar-refractivity contribution in [2.45, 2.75) is 0 Å². The smallest absolute Gasteiger partial charge is 0.102 e. The van der Waals surface area contributed by atoms with Gasteiger partial charge in [0, 0.05) is 11.6 Å². The van der Waals surface area contributed by atoms with Crippen molar-refractivity contribution < 1.29 is 0 Å². The van der Waals surface area contributed by atoms with Crippen LogP contribution in [-0.2, 0) is 0 Å². The number of pyridine rings is 1. The molecule has 0 amide bonds. The fourth-order valence-corrected chi connectivity index (χ4v) is 2.12. The van der Waals surface area contributed by atoms with E-state index in [0.717, 1.165) is 4.70 Å². The topological polar surface area (TPSA) is 36.7 Å². The molecule has 0 atom stereocenters.